The van der Waals surface area contributed by atoms with Gasteiger partial charge in [-0.2, -0.15) is 5.10 Å². The fourth-order valence-corrected chi connectivity index (χ4v) is 3.65. The maximum absolute atomic E-state index is 14.0. The van der Waals surface area contributed by atoms with Gasteiger partial charge in [0.05, 0.1) is 17.9 Å². The normalized spacial score (nSPS) is 12.8. The van der Waals surface area contributed by atoms with Crippen molar-refractivity contribution in [1.29, 1.82) is 0 Å². The van der Waals surface area contributed by atoms with Crippen LogP contribution in [0.25, 0.3) is 11.3 Å². The fourth-order valence-electron chi connectivity index (χ4n) is 3.65. The molecule has 2 aromatic heterocycles. The summed E-state index contributed by atoms with van der Waals surface area (Å²) in [5, 5.41) is 4.36. The number of hydrogen-bond acceptors (Lipinski definition) is 5. The van der Waals surface area contributed by atoms with Crippen LogP contribution < -0.4 is 4.74 Å². The number of aromatic nitrogens is 4. The molecule has 3 heterocycles. The van der Waals surface area contributed by atoms with Crippen molar-refractivity contribution < 1.29 is 22.7 Å². The Kier molecular flexibility index (Phi) is 5.04. The number of ether oxygens (including phenoxy) is 1. The summed E-state index contributed by atoms with van der Waals surface area (Å²) in [4.78, 5) is 22.5. The molecule has 33 heavy (non-hydrogen) atoms. The molecular weight excluding hydrogens is 435 g/mol. The molecule has 0 unspecified atom stereocenters. The van der Waals surface area contributed by atoms with Crippen LogP contribution in [0.4, 0.5) is 13.2 Å². The Morgan fingerprint density at radius 3 is 2.42 bits per heavy atom. The molecule has 1 aliphatic rings. The quantitative estimate of drug-likeness (QED) is 0.454. The number of halogens is 3. The van der Waals surface area contributed by atoms with Gasteiger partial charge in [0, 0.05) is 37.5 Å². The minimum atomic E-state index is -1.24. The van der Waals surface area contributed by atoms with Gasteiger partial charge in [-0.3, -0.25) is 9.48 Å². The van der Waals surface area contributed by atoms with Gasteiger partial charge in [-0.1, -0.05) is 24.3 Å². The molecule has 0 aliphatic carbocycles. The van der Waals surface area contributed by atoms with Gasteiger partial charge in [0.15, 0.2) is 11.6 Å². The molecule has 7 nitrogen and oxygen atoms in total. The zero-order chi connectivity index (χ0) is 23.1. The van der Waals surface area contributed by atoms with Gasteiger partial charge >= 0.3 is 0 Å². The Morgan fingerprint density at radius 1 is 1.03 bits per heavy atom. The molecule has 0 radical (unpaired) electrons. The molecule has 0 N–H and O–H groups in total. The van der Waals surface area contributed by atoms with Gasteiger partial charge in [0.2, 0.25) is 11.6 Å². The van der Waals surface area contributed by atoms with Crippen LogP contribution in [0.15, 0.2) is 55.0 Å². The van der Waals surface area contributed by atoms with Crippen LogP contribution in [0.3, 0.4) is 0 Å². The summed E-state index contributed by atoms with van der Waals surface area (Å²) in [6.07, 6.45) is 3.00. The minimum absolute atomic E-state index is 0.0192. The summed E-state index contributed by atoms with van der Waals surface area (Å²) >= 11 is 0. The van der Waals surface area contributed by atoms with Crippen LogP contribution in [0.2, 0.25) is 0 Å². The second-order valence-electron chi connectivity index (χ2n) is 7.53. The summed E-state index contributed by atoms with van der Waals surface area (Å²) < 4.78 is 48.2. The Labute approximate surface area is 186 Å². The summed E-state index contributed by atoms with van der Waals surface area (Å²) in [5.74, 6) is -5.12. The molecule has 0 atom stereocenters. The number of aryl methyl sites for hydroxylation is 1. The van der Waals surface area contributed by atoms with Gasteiger partial charge < -0.3 is 9.64 Å². The third-order valence-corrected chi connectivity index (χ3v) is 5.23. The summed E-state index contributed by atoms with van der Waals surface area (Å²) in [7, 11) is 1.84. The number of carbonyl (C=O) groups is 1. The zero-order valence-electron chi connectivity index (χ0n) is 17.3. The maximum Gasteiger partial charge on any atom is 0.261 e. The van der Waals surface area contributed by atoms with Crippen LogP contribution in [-0.2, 0) is 20.1 Å². The van der Waals surface area contributed by atoms with Crippen molar-refractivity contribution in [3.05, 3.63) is 89.3 Å². The van der Waals surface area contributed by atoms with E-state index in [9.17, 15) is 18.0 Å². The Balaban J connectivity index is 1.36. The third-order valence-electron chi connectivity index (χ3n) is 5.23. The first-order valence-corrected chi connectivity index (χ1v) is 9.93. The van der Waals surface area contributed by atoms with Gasteiger partial charge in [0.1, 0.15) is 17.7 Å². The third kappa shape index (κ3) is 3.91. The largest absolute Gasteiger partial charge is 0.432 e. The first-order chi connectivity index (χ1) is 15.9. The number of carbonyl (C=O) groups excluding carboxylic acids is 1. The van der Waals surface area contributed by atoms with Crippen LogP contribution in [0, 0.1) is 17.5 Å². The Hall–Kier alpha value is -4.21. The SMILES string of the molecule is Cn1ccc(-c2ccc(CN3Cc4ncnc(Oc5c(F)cc(F)cc5F)c4C3=O)cc2)n1. The lowest BCUT2D eigenvalue weighted by atomic mass is 10.1. The van der Waals surface area contributed by atoms with E-state index >= 15 is 0 Å². The van der Waals surface area contributed by atoms with Crippen LogP contribution in [0.1, 0.15) is 21.6 Å². The van der Waals surface area contributed by atoms with Crippen molar-refractivity contribution >= 4 is 5.91 Å². The van der Waals surface area contributed by atoms with E-state index in [2.05, 4.69) is 15.1 Å². The standard InChI is InChI=1S/C23H16F3N5O2/c1-30-7-6-18(29-30)14-4-2-13(3-5-14)10-31-11-19-20(23(31)32)22(28-12-27-19)33-21-16(25)8-15(24)9-17(21)26/h2-9,12H,10-11H2,1H3. The lowest BCUT2D eigenvalue weighted by Gasteiger charge is -2.15. The monoisotopic (exact) mass is 451 g/mol. The van der Waals surface area contributed by atoms with E-state index in [1.165, 1.54) is 4.90 Å². The average molecular weight is 451 g/mol. The van der Waals surface area contributed by atoms with Crippen LogP contribution in [0.5, 0.6) is 11.6 Å². The number of rotatable bonds is 5. The molecule has 0 fully saturated rings. The van der Waals surface area contributed by atoms with Crippen LogP contribution >= 0.6 is 0 Å². The summed E-state index contributed by atoms with van der Waals surface area (Å²) in [5.41, 5.74) is 3.05. The number of amides is 1. The van der Waals surface area contributed by atoms with Crippen molar-refractivity contribution in [3.63, 3.8) is 0 Å². The predicted octanol–water partition coefficient (Wildman–Crippen LogP) is 4.24. The van der Waals surface area contributed by atoms with E-state index in [1.807, 2.05) is 43.6 Å². The van der Waals surface area contributed by atoms with E-state index < -0.39 is 29.1 Å². The molecule has 5 rings (SSSR count). The summed E-state index contributed by atoms with van der Waals surface area (Å²) in [6, 6.07) is 10.5. The van der Waals surface area contributed by atoms with E-state index in [-0.39, 0.29) is 24.5 Å². The van der Waals surface area contributed by atoms with Gasteiger partial charge in [-0.25, -0.2) is 23.1 Å². The van der Waals surface area contributed by atoms with Crippen molar-refractivity contribution in [1.82, 2.24) is 24.6 Å². The van der Waals surface area contributed by atoms with Crippen molar-refractivity contribution in [2.75, 3.05) is 0 Å². The highest BCUT2D eigenvalue weighted by atomic mass is 19.1. The Bertz CT molecular complexity index is 1350. The van der Waals surface area contributed by atoms with Gasteiger partial charge in [-0.15, -0.1) is 0 Å². The molecule has 0 spiro atoms. The highest BCUT2D eigenvalue weighted by Gasteiger charge is 2.34. The molecule has 0 saturated heterocycles. The van der Waals surface area contributed by atoms with Crippen LogP contribution in [-0.4, -0.2) is 30.6 Å². The second-order valence-corrected chi connectivity index (χ2v) is 7.53. The molecule has 2 aromatic carbocycles. The van der Waals surface area contributed by atoms with E-state index in [0.29, 0.717) is 17.8 Å². The maximum atomic E-state index is 14.0. The van der Waals surface area contributed by atoms with Gasteiger partial charge in [-0.05, 0) is 11.6 Å². The van der Waals surface area contributed by atoms with E-state index in [0.717, 1.165) is 23.1 Å². The smallest absolute Gasteiger partial charge is 0.261 e. The first kappa shape index (κ1) is 20.7. The highest BCUT2D eigenvalue weighted by molar-refractivity contribution is 5.99. The number of fused-ring (bicyclic) bond motifs is 1. The Morgan fingerprint density at radius 2 is 1.76 bits per heavy atom. The van der Waals surface area contributed by atoms with E-state index in [4.69, 9.17) is 4.74 Å². The molecule has 0 bridgehead atoms. The average Bonchev–Trinajstić information content (AvgIpc) is 3.35. The van der Waals surface area contributed by atoms with Crippen molar-refractivity contribution in [2.45, 2.75) is 13.1 Å². The molecular formula is C23H16F3N5O2. The number of hydrogen-bond donors (Lipinski definition) is 0. The van der Waals surface area contributed by atoms with Crippen molar-refractivity contribution in [3.8, 4) is 22.9 Å². The molecule has 10 heteroatoms. The highest BCUT2D eigenvalue weighted by Crippen LogP contribution is 2.34. The number of benzene rings is 2. The van der Waals surface area contributed by atoms with Crippen molar-refractivity contribution in [2.24, 2.45) is 7.05 Å². The zero-order valence-corrected chi connectivity index (χ0v) is 17.3. The predicted molar refractivity (Wildman–Crippen MR) is 111 cm³/mol. The van der Waals surface area contributed by atoms with E-state index in [1.54, 1.807) is 4.68 Å². The fraction of sp³-hybridized carbons (Fsp3) is 0.130. The molecule has 166 valence electrons. The summed E-state index contributed by atoms with van der Waals surface area (Å²) in [6.45, 7) is 0.472. The minimum Gasteiger partial charge on any atom is -0.432 e. The molecule has 1 amide bonds. The topological polar surface area (TPSA) is 73.1 Å². The molecule has 0 saturated carbocycles. The molecule has 4 aromatic rings. The lowest BCUT2D eigenvalue weighted by Crippen LogP contribution is -2.23. The number of nitrogens with zero attached hydrogens (tertiary/aromatic N) is 5. The lowest BCUT2D eigenvalue weighted by molar-refractivity contribution is 0.0764. The first-order valence-electron chi connectivity index (χ1n) is 9.93. The van der Waals surface area contributed by atoms with Gasteiger partial charge in [0.25, 0.3) is 5.91 Å². The molecule has 1 aliphatic heterocycles. The second kappa shape index (κ2) is 8.05.